The number of rotatable bonds is 3. The van der Waals surface area contributed by atoms with Crippen molar-refractivity contribution in [1.82, 2.24) is 4.98 Å². The van der Waals surface area contributed by atoms with Gasteiger partial charge in [0.2, 0.25) is 0 Å². The fraction of sp³-hybridized carbons (Fsp3) is 0. The van der Waals surface area contributed by atoms with Gasteiger partial charge in [0.25, 0.3) is 0 Å². The van der Waals surface area contributed by atoms with Gasteiger partial charge in [0.1, 0.15) is 0 Å². The van der Waals surface area contributed by atoms with Gasteiger partial charge >= 0.3 is 116 Å². The number of pyridine rings is 1. The summed E-state index contributed by atoms with van der Waals surface area (Å²) in [5.74, 6) is 0. The molecule has 2 aromatic rings. The molecule has 17 heavy (non-hydrogen) atoms. The molecule has 0 radical (unpaired) electrons. The van der Waals surface area contributed by atoms with Crippen LogP contribution in [0.2, 0.25) is 0 Å². The SMILES string of the molecule is N=C(c1ccncc1)c1cc(N)ccc1[NH][Tl]. The number of nitrogens with two attached hydrogens (primary N) is 1. The summed E-state index contributed by atoms with van der Waals surface area (Å²) >= 11 is 0.632. The summed E-state index contributed by atoms with van der Waals surface area (Å²) in [5, 5.41) is 8.21. The molecule has 2 rings (SSSR count). The second-order valence-electron chi connectivity index (χ2n) is 3.56. The minimum atomic E-state index is 0.461. The Kier molecular flexibility index (Phi) is 3.72. The van der Waals surface area contributed by atoms with Crippen molar-refractivity contribution < 1.29 is 0 Å². The van der Waals surface area contributed by atoms with E-state index in [0.717, 1.165) is 16.8 Å². The predicted molar refractivity (Wildman–Crippen MR) is 70.4 cm³/mol. The summed E-state index contributed by atoms with van der Waals surface area (Å²) < 4.78 is 3.23. The molecule has 0 aliphatic carbocycles. The maximum absolute atomic E-state index is 8.21. The number of nitrogen functional groups attached to an aromatic ring is 1. The second-order valence-corrected chi connectivity index (χ2v) is 4.68. The summed E-state index contributed by atoms with van der Waals surface area (Å²) in [6, 6.07) is 9.23. The Hall–Kier alpha value is -1.44. The van der Waals surface area contributed by atoms with Crippen LogP contribution in [0.3, 0.4) is 0 Å². The van der Waals surface area contributed by atoms with E-state index in [1.807, 2.05) is 30.3 Å². The second kappa shape index (κ2) is 5.26. The van der Waals surface area contributed by atoms with Gasteiger partial charge in [-0.2, -0.15) is 0 Å². The minimum absolute atomic E-state index is 0.461. The van der Waals surface area contributed by atoms with Gasteiger partial charge in [-0.3, -0.25) is 0 Å². The van der Waals surface area contributed by atoms with Gasteiger partial charge < -0.3 is 0 Å². The zero-order valence-corrected chi connectivity index (χ0v) is 13.6. The Bertz CT molecular complexity index is 539. The summed E-state index contributed by atoms with van der Waals surface area (Å²) in [6.45, 7) is 0. The summed E-state index contributed by atoms with van der Waals surface area (Å²) in [7, 11) is 0. The van der Waals surface area contributed by atoms with Gasteiger partial charge in [0.05, 0.1) is 0 Å². The van der Waals surface area contributed by atoms with Gasteiger partial charge in [0, 0.05) is 0 Å². The van der Waals surface area contributed by atoms with Gasteiger partial charge in [-0.25, -0.2) is 0 Å². The average molecular weight is 416 g/mol. The van der Waals surface area contributed by atoms with Gasteiger partial charge in [-0.15, -0.1) is 0 Å². The Morgan fingerprint density at radius 3 is 2.59 bits per heavy atom. The van der Waals surface area contributed by atoms with Crippen molar-refractivity contribution in [1.29, 1.82) is 5.41 Å². The van der Waals surface area contributed by atoms with Crippen LogP contribution in [0.5, 0.6) is 0 Å². The Morgan fingerprint density at radius 1 is 1.24 bits per heavy atom. The van der Waals surface area contributed by atoms with E-state index in [0.29, 0.717) is 37.5 Å². The molecular formula is C12H11N4Tl. The van der Waals surface area contributed by atoms with Crippen LogP contribution in [0.25, 0.3) is 0 Å². The Labute approximate surface area is 116 Å². The van der Waals surface area contributed by atoms with Crippen LogP contribution in [-0.4, -0.2) is 36.8 Å². The molecule has 0 fully saturated rings. The van der Waals surface area contributed by atoms with E-state index in [-0.39, 0.29) is 0 Å². The van der Waals surface area contributed by atoms with Gasteiger partial charge in [-0.1, -0.05) is 0 Å². The van der Waals surface area contributed by atoms with E-state index in [4.69, 9.17) is 11.1 Å². The molecule has 0 atom stereocenters. The number of benzene rings is 1. The molecule has 1 aromatic heterocycles. The molecule has 0 bridgehead atoms. The van der Waals surface area contributed by atoms with Crippen LogP contribution in [0.15, 0.2) is 42.7 Å². The topological polar surface area (TPSA) is 74.8 Å². The molecule has 0 saturated carbocycles. The first-order valence-corrected chi connectivity index (χ1v) is 7.32. The Balaban J connectivity index is 2.47. The molecule has 82 valence electrons. The number of hydrogen-bond acceptors (Lipinski definition) is 4. The Morgan fingerprint density at radius 2 is 1.94 bits per heavy atom. The first-order valence-electron chi connectivity index (χ1n) is 5.08. The third-order valence-electron chi connectivity index (χ3n) is 2.44. The first kappa shape index (κ1) is 12.0. The van der Waals surface area contributed by atoms with Crippen molar-refractivity contribution >= 4 is 43.2 Å². The van der Waals surface area contributed by atoms with Crippen molar-refractivity contribution in [2.75, 3.05) is 8.86 Å². The van der Waals surface area contributed by atoms with Crippen molar-refractivity contribution in [3.63, 3.8) is 0 Å². The quantitative estimate of drug-likeness (QED) is 0.405. The van der Waals surface area contributed by atoms with E-state index < -0.39 is 0 Å². The third-order valence-corrected chi connectivity index (χ3v) is 3.65. The van der Waals surface area contributed by atoms with Crippen LogP contribution in [0.4, 0.5) is 11.4 Å². The molecule has 0 aliphatic rings. The number of anilines is 2. The van der Waals surface area contributed by atoms with Crippen LogP contribution >= 0.6 is 0 Å². The first-order chi connectivity index (χ1) is 8.22. The monoisotopic (exact) mass is 416 g/mol. The zero-order valence-electron chi connectivity index (χ0n) is 9.14. The third kappa shape index (κ3) is 2.63. The average Bonchev–Trinajstić information content (AvgIpc) is 2.39. The van der Waals surface area contributed by atoms with Crippen molar-refractivity contribution in [2.45, 2.75) is 0 Å². The van der Waals surface area contributed by atoms with Crippen molar-refractivity contribution in [3.05, 3.63) is 53.9 Å². The molecule has 0 amide bonds. The zero-order chi connectivity index (χ0) is 12.3. The van der Waals surface area contributed by atoms with Crippen LogP contribution < -0.4 is 8.86 Å². The summed E-state index contributed by atoms with van der Waals surface area (Å²) in [6.07, 6.45) is 3.37. The molecule has 0 saturated heterocycles. The normalized spacial score (nSPS) is 9.82. The number of nitrogens with one attached hydrogen (secondary N) is 2. The fourth-order valence-electron chi connectivity index (χ4n) is 1.57. The van der Waals surface area contributed by atoms with Gasteiger partial charge in [0.15, 0.2) is 0 Å². The molecule has 1 aromatic carbocycles. The summed E-state index contributed by atoms with van der Waals surface area (Å²) in [5.41, 5.74) is 9.54. The molecule has 1 heterocycles. The van der Waals surface area contributed by atoms with Crippen LogP contribution in [0.1, 0.15) is 11.1 Å². The number of aromatic nitrogens is 1. The van der Waals surface area contributed by atoms with Crippen LogP contribution in [0, 0.1) is 5.41 Å². The molecule has 4 N–H and O–H groups in total. The van der Waals surface area contributed by atoms with E-state index in [1.54, 1.807) is 12.4 Å². The number of hydrogen-bond donors (Lipinski definition) is 3. The van der Waals surface area contributed by atoms with Crippen molar-refractivity contribution in [2.24, 2.45) is 0 Å². The maximum atomic E-state index is 8.21. The van der Waals surface area contributed by atoms with E-state index >= 15 is 0 Å². The molecule has 0 spiro atoms. The van der Waals surface area contributed by atoms with E-state index in [1.165, 1.54) is 0 Å². The van der Waals surface area contributed by atoms with Crippen LogP contribution in [-0.2, 0) is 0 Å². The summed E-state index contributed by atoms with van der Waals surface area (Å²) in [4.78, 5) is 3.95. The van der Waals surface area contributed by atoms with Gasteiger partial charge in [-0.05, 0) is 0 Å². The molecule has 5 heteroatoms. The van der Waals surface area contributed by atoms with E-state index in [2.05, 4.69) is 8.11 Å². The predicted octanol–water partition coefficient (Wildman–Crippen LogP) is 1.58. The molecular weight excluding hydrogens is 405 g/mol. The molecule has 0 unspecified atom stereocenters. The molecule has 4 nitrogen and oxygen atoms in total. The fourth-order valence-corrected chi connectivity index (χ4v) is 2.55. The van der Waals surface area contributed by atoms with Crippen molar-refractivity contribution in [3.8, 4) is 0 Å². The molecule has 0 aliphatic heterocycles. The van der Waals surface area contributed by atoms with E-state index in [9.17, 15) is 0 Å². The standard InChI is InChI=1S/C12H11N4.Tl/c13-9-1-2-11(14)10(7-9)12(15)8-3-5-16-6-4-8;/h1-7,14-15H,13H2;/q-1;+1. The number of nitrogens with zero attached hydrogens (tertiary/aromatic N) is 1.